The second-order valence-electron chi connectivity index (χ2n) is 3.08. The zero-order valence-electron chi connectivity index (χ0n) is 9.00. The zero-order valence-corrected chi connectivity index (χ0v) is 9.00. The Balaban J connectivity index is 3.26. The third-order valence-electron chi connectivity index (χ3n) is 1.82. The van der Waals surface area contributed by atoms with Gasteiger partial charge >= 0.3 is 5.97 Å². The largest absolute Gasteiger partial charge is 0.463 e. The summed E-state index contributed by atoms with van der Waals surface area (Å²) >= 11 is 0. The monoisotopic (exact) mass is 196 g/mol. The molecule has 0 spiro atoms. The van der Waals surface area contributed by atoms with E-state index in [2.05, 4.69) is 6.58 Å². The first-order valence-corrected chi connectivity index (χ1v) is 5.25. The van der Waals surface area contributed by atoms with Crippen molar-refractivity contribution >= 4 is 5.97 Å². The van der Waals surface area contributed by atoms with Crippen molar-refractivity contribution in [1.82, 2.24) is 0 Å². The van der Waals surface area contributed by atoms with Crippen LogP contribution in [0.15, 0.2) is 24.8 Å². The van der Waals surface area contributed by atoms with Gasteiger partial charge in [0, 0.05) is 6.08 Å². The van der Waals surface area contributed by atoms with Crippen LogP contribution in [0.1, 0.15) is 39.0 Å². The molecular formula is C12H20O2. The molecule has 0 rings (SSSR count). The van der Waals surface area contributed by atoms with E-state index >= 15 is 0 Å². The topological polar surface area (TPSA) is 26.3 Å². The Morgan fingerprint density at radius 3 is 2.64 bits per heavy atom. The molecule has 0 heterocycles. The van der Waals surface area contributed by atoms with Gasteiger partial charge in [0.2, 0.25) is 0 Å². The molecule has 2 nitrogen and oxygen atoms in total. The predicted molar refractivity (Wildman–Crippen MR) is 59.1 cm³/mol. The zero-order chi connectivity index (χ0) is 10.6. The van der Waals surface area contributed by atoms with E-state index in [1.54, 1.807) is 6.92 Å². The molecule has 0 aromatic rings. The van der Waals surface area contributed by atoms with Gasteiger partial charge in [0.15, 0.2) is 0 Å². The van der Waals surface area contributed by atoms with Gasteiger partial charge in [-0.05, 0) is 32.6 Å². The smallest absolute Gasteiger partial charge is 0.330 e. The molecule has 0 aliphatic heterocycles. The summed E-state index contributed by atoms with van der Waals surface area (Å²) < 4.78 is 4.75. The molecule has 14 heavy (non-hydrogen) atoms. The highest BCUT2D eigenvalue weighted by Gasteiger charge is 1.91. The van der Waals surface area contributed by atoms with E-state index in [1.807, 2.05) is 12.2 Å². The molecule has 0 radical (unpaired) electrons. The quantitative estimate of drug-likeness (QED) is 0.258. The Kier molecular flexibility index (Phi) is 9.28. The lowest BCUT2D eigenvalue weighted by Crippen LogP contribution is -1.98. The number of ether oxygens (including phenoxy) is 1. The predicted octanol–water partition coefficient (Wildman–Crippen LogP) is 3.24. The third kappa shape index (κ3) is 9.04. The van der Waals surface area contributed by atoms with E-state index in [9.17, 15) is 4.79 Å². The van der Waals surface area contributed by atoms with Crippen molar-refractivity contribution in [3.63, 3.8) is 0 Å². The van der Waals surface area contributed by atoms with Gasteiger partial charge in [0.05, 0.1) is 6.61 Å². The van der Waals surface area contributed by atoms with Gasteiger partial charge < -0.3 is 4.74 Å². The van der Waals surface area contributed by atoms with Gasteiger partial charge in [-0.25, -0.2) is 4.79 Å². The molecule has 0 saturated carbocycles. The van der Waals surface area contributed by atoms with Gasteiger partial charge in [-0.3, -0.25) is 0 Å². The number of hydrogen-bond donors (Lipinski definition) is 0. The lowest BCUT2D eigenvalue weighted by molar-refractivity contribution is -0.137. The third-order valence-corrected chi connectivity index (χ3v) is 1.82. The summed E-state index contributed by atoms with van der Waals surface area (Å²) in [5.41, 5.74) is 0. The standard InChI is InChI=1S/C12H20O2/c1-3-5-6-7-8-9-10-11-12(13)14-4-2/h3,10-11H,1,4-9H2,2H3. The first-order chi connectivity index (χ1) is 6.81. The number of rotatable bonds is 8. The average Bonchev–Trinajstić information content (AvgIpc) is 2.17. The Morgan fingerprint density at radius 1 is 1.29 bits per heavy atom. The number of unbranched alkanes of at least 4 members (excludes halogenated alkanes) is 4. The van der Waals surface area contributed by atoms with Crippen molar-refractivity contribution in [1.29, 1.82) is 0 Å². The molecule has 0 bridgehead atoms. The molecule has 0 saturated heterocycles. The number of carbonyl (C=O) groups is 1. The molecule has 2 heteroatoms. The van der Waals surface area contributed by atoms with E-state index < -0.39 is 0 Å². The Hall–Kier alpha value is -1.05. The minimum absolute atomic E-state index is 0.237. The van der Waals surface area contributed by atoms with Crippen molar-refractivity contribution in [2.45, 2.75) is 39.0 Å². The molecule has 80 valence electrons. The van der Waals surface area contributed by atoms with Crippen LogP contribution in [-0.2, 0) is 9.53 Å². The van der Waals surface area contributed by atoms with Gasteiger partial charge in [-0.2, -0.15) is 0 Å². The first-order valence-electron chi connectivity index (χ1n) is 5.25. The molecule has 0 aliphatic rings. The Labute approximate surface area is 86.6 Å². The lowest BCUT2D eigenvalue weighted by Gasteiger charge is -1.95. The van der Waals surface area contributed by atoms with Crippen molar-refractivity contribution < 1.29 is 9.53 Å². The molecule has 0 aromatic heterocycles. The highest BCUT2D eigenvalue weighted by Crippen LogP contribution is 2.03. The summed E-state index contributed by atoms with van der Waals surface area (Å²) in [5, 5.41) is 0. The fraction of sp³-hybridized carbons (Fsp3) is 0.583. The van der Waals surface area contributed by atoms with Gasteiger partial charge in [-0.1, -0.05) is 18.6 Å². The Bertz CT molecular complexity index is 183. The summed E-state index contributed by atoms with van der Waals surface area (Å²) in [6, 6.07) is 0. The normalized spacial score (nSPS) is 10.4. The number of carbonyl (C=O) groups excluding carboxylic acids is 1. The molecular weight excluding hydrogens is 176 g/mol. The van der Waals surface area contributed by atoms with Crippen molar-refractivity contribution in [3.8, 4) is 0 Å². The van der Waals surface area contributed by atoms with Gasteiger partial charge in [-0.15, -0.1) is 6.58 Å². The van der Waals surface area contributed by atoms with E-state index in [0.29, 0.717) is 6.61 Å². The van der Waals surface area contributed by atoms with Crippen LogP contribution in [0.2, 0.25) is 0 Å². The molecule has 0 amide bonds. The van der Waals surface area contributed by atoms with Crippen molar-refractivity contribution in [3.05, 3.63) is 24.8 Å². The van der Waals surface area contributed by atoms with Crippen LogP contribution >= 0.6 is 0 Å². The minimum Gasteiger partial charge on any atom is -0.463 e. The number of esters is 1. The molecule has 0 aliphatic carbocycles. The highest BCUT2D eigenvalue weighted by atomic mass is 16.5. The van der Waals surface area contributed by atoms with Crippen LogP contribution in [0.4, 0.5) is 0 Å². The number of hydrogen-bond acceptors (Lipinski definition) is 2. The van der Waals surface area contributed by atoms with Gasteiger partial charge in [0.25, 0.3) is 0 Å². The fourth-order valence-electron chi connectivity index (χ4n) is 1.10. The van der Waals surface area contributed by atoms with Crippen LogP contribution in [-0.4, -0.2) is 12.6 Å². The fourth-order valence-corrected chi connectivity index (χ4v) is 1.10. The molecule has 0 N–H and O–H groups in total. The van der Waals surface area contributed by atoms with E-state index in [1.165, 1.54) is 18.9 Å². The maximum absolute atomic E-state index is 10.9. The second-order valence-corrected chi connectivity index (χ2v) is 3.08. The number of allylic oxidation sites excluding steroid dienone is 2. The summed E-state index contributed by atoms with van der Waals surface area (Å²) in [6.07, 6.45) is 10.9. The summed E-state index contributed by atoms with van der Waals surface area (Å²) in [6.45, 7) is 5.92. The van der Waals surface area contributed by atoms with Crippen LogP contribution in [0.25, 0.3) is 0 Å². The summed E-state index contributed by atoms with van der Waals surface area (Å²) in [7, 11) is 0. The average molecular weight is 196 g/mol. The maximum Gasteiger partial charge on any atom is 0.330 e. The SMILES string of the molecule is C=CCCCCCC=CC(=O)OCC. The van der Waals surface area contributed by atoms with Crippen molar-refractivity contribution in [2.24, 2.45) is 0 Å². The maximum atomic E-state index is 10.9. The minimum atomic E-state index is -0.237. The van der Waals surface area contributed by atoms with Crippen LogP contribution in [0.5, 0.6) is 0 Å². The first kappa shape index (κ1) is 12.9. The summed E-state index contributed by atoms with van der Waals surface area (Å²) in [5.74, 6) is -0.237. The lowest BCUT2D eigenvalue weighted by atomic mass is 10.1. The molecule has 0 unspecified atom stereocenters. The summed E-state index contributed by atoms with van der Waals surface area (Å²) in [4.78, 5) is 10.9. The molecule has 0 atom stereocenters. The van der Waals surface area contributed by atoms with Crippen LogP contribution in [0, 0.1) is 0 Å². The van der Waals surface area contributed by atoms with E-state index in [0.717, 1.165) is 19.3 Å². The molecule has 0 aromatic carbocycles. The Morgan fingerprint density at radius 2 is 2.00 bits per heavy atom. The molecule has 0 fully saturated rings. The van der Waals surface area contributed by atoms with E-state index in [-0.39, 0.29) is 5.97 Å². The van der Waals surface area contributed by atoms with Gasteiger partial charge in [0.1, 0.15) is 0 Å². The van der Waals surface area contributed by atoms with Crippen molar-refractivity contribution in [2.75, 3.05) is 6.61 Å². The van der Waals surface area contributed by atoms with Crippen LogP contribution in [0.3, 0.4) is 0 Å². The second kappa shape index (κ2) is 10.0. The highest BCUT2D eigenvalue weighted by molar-refractivity contribution is 5.81. The van der Waals surface area contributed by atoms with Crippen LogP contribution < -0.4 is 0 Å². The van der Waals surface area contributed by atoms with E-state index in [4.69, 9.17) is 4.74 Å².